The molecule has 0 amide bonds. The number of aryl methyl sites for hydroxylation is 1. The first-order valence-corrected chi connectivity index (χ1v) is 6.59. The Labute approximate surface area is 109 Å². The molecule has 0 aromatic carbocycles. The lowest BCUT2D eigenvalue weighted by molar-refractivity contribution is 0.147. The highest BCUT2D eigenvalue weighted by molar-refractivity contribution is 5.56. The maximum absolute atomic E-state index is 5.31. The van der Waals surface area contributed by atoms with Gasteiger partial charge in [0.1, 0.15) is 17.5 Å². The number of rotatable bonds is 8. The van der Waals surface area contributed by atoms with E-state index in [1.165, 1.54) is 0 Å². The summed E-state index contributed by atoms with van der Waals surface area (Å²) in [5, 5.41) is 6.46. The summed E-state index contributed by atoms with van der Waals surface area (Å²) < 4.78 is 5.31. The summed E-state index contributed by atoms with van der Waals surface area (Å²) in [6.45, 7) is 8.52. The van der Waals surface area contributed by atoms with Crippen LogP contribution >= 0.6 is 0 Å². The molecule has 1 rings (SSSR count). The van der Waals surface area contributed by atoms with Crippen LogP contribution in [-0.2, 0) is 11.2 Å². The van der Waals surface area contributed by atoms with Gasteiger partial charge in [-0.25, -0.2) is 9.97 Å². The summed E-state index contributed by atoms with van der Waals surface area (Å²) in [6.07, 6.45) is 1.82. The van der Waals surface area contributed by atoms with Crippen LogP contribution in [-0.4, -0.2) is 36.8 Å². The van der Waals surface area contributed by atoms with Gasteiger partial charge < -0.3 is 15.4 Å². The zero-order valence-electron chi connectivity index (χ0n) is 11.8. The van der Waals surface area contributed by atoms with Crippen molar-refractivity contribution < 1.29 is 4.74 Å². The molecule has 1 heterocycles. The predicted octanol–water partition coefficient (Wildman–Crippen LogP) is 2.23. The molecule has 0 saturated heterocycles. The molecule has 0 saturated carbocycles. The fraction of sp³-hybridized carbons (Fsp3) is 0.692. The Morgan fingerprint density at radius 1 is 1.17 bits per heavy atom. The molecule has 1 aromatic rings. The summed E-state index contributed by atoms with van der Waals surface area (Å²) in [5.41, 5.74) is 1.06. The highest BCUT2D eigenvalue weighted by Crippen LogP contribution is 2.19. The van der Waals surface area contributed by atoms with Crippen molar-refractivity contribution in [1.82, 2.24) is 9.97 Å². The SMILES string of the molecule is CCOCCCNc1nc(CC)nc(NC)c1C. The van der Waals surface area contributed by atoms with Gasteiger partial charge in [0.15, 0.2) is 0 Å². The van der Waals surface area contributed by atoms with Crippen LogP contribution in [0.5, 0.6) is 0 Å². The van der Waals surface area contributed by atoms with E-state index in [1.807, 2.05) is 20.9 Å². The van der Waals surface area contributed by atoms with E-state index < -0.39 is 0 Å². The van der Waals surface area contributed by atoms with E-state index in [-0.39, 0.29) is 0 Å². The normalized spacial score (nSPS) is 10.4. The van der Waals surface area contributed by atoms with Crippen molar-refractivity contribution in [2.24, 2.45) is 0 Å². The largest absolute Gasteiger partial charge is 0.382 e. The summed E-state index contributed by atoms with van der Waals surface area (Å²) in [5.74, 6) is 2.68. The van der Waals surface area contributed by atoms with Crippen LogP contribution in [0.1, 0.15) is 31.7 Å². The van der Waals surface area contributed by atoms with Gasteiger partial charge in [0.2, 0.25) is 0 Å². The topological polar surface area (TPSA) is 59.1 Å². The number of nitrogens with one attached hydrogen (secondary N) is 2. The maximum Gasteiger partial charge on any atom is 0.134 e. The van der Waals surface area contributed by atoms with Crippen LogP contribution in [0.2, 0.25) is 0 Å². The number of nitrogens with zero attached hydrogens (tertiary/aromatic N) is 2. The Morgan fingerprint density at radius 3 is 2.50 bits per heavy atom. The van der Waals surface area contributed by atoms with Crippen molar-refractivity contribution in [3.05, 3.63) is 11.4 Å². The van der Waals surface area contributed by atoms with E-state index in [0.717, 1.165) is 55.6 Å². The Kier molecular flexibility index (Phi) is 6.43. The molecule has 2 N–H and O–H groups in total. The summed E-state index contributed by atoms with van der Waals surface area (Å²) >= 11 is 0. The number of aromatic nitrogens is 2. The lowest BCUT2D eigenvalue weighted by Gasteiger charge is -2.13. The third kappa shape index (κ3) is 4.14. The molecule has 0 aliphatic carbocycles. The molecule has 1 aromatic heterocycles. The van der Waals surface area contributed by atoms with Gasteiger partial charge in [-0.05, 0) is 20.3 Å². The van der Waals surface area contributed by atoms with E-state index in [9.17, 15) is 0 Å². The van der Waals surface area contributed by atoms with E-state index in [1.54, 1.807) is 0 Å². The quantitative estimate of drug-likeness (QED) is 0.695. The van der Waals surface area contributed by atoms with Gasteiger partial charge >= 0.3 is 0 Å². The second-order valence-electron chi connectivity index (χ2n) is 4.04. The lowest BCUT2D eigenvalue weighted by atomic mass is 10.3. The van der Waals surface area contributed by atoms with Crippen molar-refractivity contribution in [3.63, 3.8) is 0 Å². The minimum atomic E-state index is 0.774. The molecule has 5 nitrogen and oxygen atoms in total. The van der Waals surface area contributed by atoms with Crippen LogP contribution in [0.4, 0.5) is 11.6 Å². The van der Waals surface area contributed by atoms with Crippen molar-refractivity contribution >= 4 is 11.6 Å². The summed E-state index contributed by atoms with van der Waals surface area (Å²) in [4.78, 5) is 8.95. The van der Waals surface area contributed by atoms with Crippen molar-refractivity contribution in [2.45, 2.75) is 33.6 Å². The average Bonchev–Trinajstić information content (AvgIpc) is 2.40. The van der Waals surface area contributed by atoms with Crippen LogP contribution < -0.4 is 10.6 Å². The van der Waals surface area contributed by atoms with Crippen molar-refractivity contribution in [1.29, 1.82) is 0 Å². The van der Waals surface area contributed by atoms with Gasteiger partial charge in [0, 0.05) is 38.8 Å². The molecule has 0 spiro atoms. The minimum Gasteiger partial charge on any atom is -0.382 e. The maximum atomic E-state index is 5.31. The standard InChI is InChI=1S/C13H24N4O/c1-5-11-16-12(14-4)10(3)13(17-11)15-8-7-9-18-6-2/h5-9H2,1-4H3,(H2,14,15,16,17). The molecule has 18 heavy (non-hydrogen) atoms. The van der Waals surface area contributed by atoms with E-state index >= 15 is 0 Å². The summed E-state index contributed by atoms with van der Waals surface area (Å²) in [7, 11) is 1.88. The van der Waals surface area contributed by atoms with Gasteiger partial charge in [0.25, 0.3) is 0 Å². The predicted molar refractivity (Wildman–Crippen MR) is 75.3 cm³/mol. The third-order valence-electron chi connectivity index (χ3n) is 2.71. The molecule has 5 heteroatoms. The Hall–Kier alpha value is -1.36. The van der Waals surface area contributed by atoms with Crippen molar-refractivity contribution in [2.75, 3.05) is 37.4 Å². The van der Waals surface area contributed by atoms with E-state index in [4.69, 9.17) is 4.74 Å². The number of anilines is 2. The molecule has 0 atom stereocenters. The molecule has 0 bridgehead atoms. The van der Waals surface area contributed by atoms with Gasteiger partial charge in [-0.1, -0.05) is 6.92 Å². The number of hydrogen-bond acceptors (Lipinski definition) is 5. The van der Waals surface area contributed by atoms with Crippen LogP contribution in [0.15, 0.2) is 0 Å². The summed E-state index contributed by atoms with van der Waals surface area (Å²) in [6, 6.07) is 0. The smallest absolute Gasteiger partial charge is 0.134 e. The average molecular weight is 252 g/mol. The van der Waals surface area contributed by atoms with Gasteiger partial charge in [-0.3, -0.25) is 0 Å². The molecule has 0 aliphatic heterocycles. The molecule has 0 fully saturated rings. The highest BCUT2D eigenvalue weighted by atomic mass is 16.5. The van der Waals surface area contributed by atoms with E-state index in [2.05, 4.69) is 27.5 Å². The molecular weight excluding hydrogens is 228 g/mol. The number of ether oxygens (including phenoxy) is 1. The molecule has 0 unspecified atom stereocenters. The van der Waals surface area contributed by atoms with Crippen LogP contribution in [0.3, 0.4) is 0 Å². The van der Waals surface area contributed by atoms with Gasteiger partial charge in [-0.2, -0.15) is 0 Å². The highest BCUT2D eigenvalue weighted by Gasteiger charge is 2.08. The Morgan fingerprint density at radius 2 is 1.89 bits per heavy atom. The zero-order chi connectivity index (χ0) is 13.4. The van der Waals surface area contributed by atoms with Crippen LogP contribution in [0, 0.1) is 6.92 Å². The Bertz CT molecular complexity index is 368. The van der Waals surface area contributed by atoms with E-state index in [0.29, 0.717) is 0 Å². The second-order valence-corrected chi connectivity index (χ2v) is 4.04. The molecular formula is C13H24N4O. The first-order valence-electron chi connectivity index (χ1n) is 6.59. The first-order chi connectivity index (χ1) is 8.72. The molecule has 0 radical (unpaired) electrons. The fourth-order valence-electron chi connectivity index (χ4n) is 1.66. The lowest BCUT2D eigenvalue weighted by Crippen LogP contribution is -2.11. The minimum absolute atomic E-state index is 0.774. The first kappa shape index (κ1) is 14.7. The Balaban J connectivity index is 2.63. The second kappa shape index (κ2) is 7.87. The van der Waals surface area contributed by atoms with Gasteiger partial charge in [0.05, 0.1) is 0 Å². The monoisotopic (exact) mass is 252 g/mol. The molecule has 0 aliphatic rings. The fourth-order valence-corrected chi connectivity index (χ4v) is 1.66. The number of hydrogen-bond donors (Lipinski definition) is 2. The van der Waals surface area contributed by atoms with Crippen molar-refractivity contribution in [3.8, 4) is 0 Å². The third-order valence-corrected chi connectivity index (χ3v) is 2.71. The zero-order valence-corrected chi connectivity index (χ0v) is 11.8. The van der Waals surface area contributed by atoms with Crippen LogP contribution in [0.25, 0.3) is 0 Å². The van der Waals surface area contributed by atoms with Gasteiger partial charge in [-0.15, -0.1) is 0 Å². The molecule has 102 valence electrons.